The third kappa shape index (κ3) is 4.05. The van der Waals surface area contributed by atoms with Crippen LogP contribution in [0.5, 0.6) is 11.6 Å². The molecule has 1 aromatic carbocycles. The standard InChI is InChI=1S/C17H21BrN2O/c1-11(2)15-9-14(18)4-5-16(15)21-17-12(3)8-13(6-7-19)10-20-17/h4-5,8-11H,6-7,19H2,1-3H3. The van der Waals surface area contributed by atoms with E-state index in [1.807, 2.05) is 25.3 Å². The molecule has 0 radical (unpaired) electrons. The van der Waals surface area contributed by atoms with Gasteiger partial charge in [-0.1, -0.05) is 29.8 Å². The maximum atomic E-state index is 6.03. The van der Waals surface area contributed by atoms with Crippen LogP contribution >= 0.6 is 15.9 Å². The average molecular weight is 349 g/mol. The fourth-order valence-electron chi connectivity index (χ4n) is 2.20. The number of halogens is 1. The number of pyridine rings is 1. The summed E-state index contributed by atoms with van der Waals surface area (Å²) in [7, 11) is 0. The molecular formula is C17H21BrN2O. The predicted molar refractivity (Wildman–Crippen MR) is 90.0 cm³/mol. The number of ether oxygens (including phenoxy) is 1. The predicted octanol–water partition coefficient (Wildman–Crippen LogP) is 4.57. The summed E-state index contributed by atoms with van der Waals surface area (Å²) < 4.78 is 7.08. The van der Waals surface area contributed by atoms with Crippen LogP contribution in [0.25, 0.3) is 0 Å². The van der Waals surface area contributed by atoms with Crippen molar-refractivity contribution in [1.29, 1.82) is 0 Å². The topological polar surface area (TPSA) is 48.1 Å². The maximum absolute atomic E-state index is 6.03. The molecule has 1 aromatic heterocycles. The highest BCUT2D eigenvalue weighted by Gasteiger charge is 2.11. The Labute approximate surface area is 134 Å². The molecule has 0 aliphatic carbocycles. The van der Waals surface area contributed by atoms with Crippen LogP contribution in [-0.2, 0) is 6.42 Å². The van der Waals surface area contributed by atoms with Crippen LogP contribution in [0.4, 0.5) is 0 Å². The highest BCUT2D eigenvalue weighted by atomic mass is 79.9. The molecule has 0 aliphatic rings. The molecule has 0 saturated carbocycles. The van der Waals surface area contributed by atoms with Gasteiger partial charge >= 0.3 is 0 Å². The smallest absolute Gasteiger partial charge is 0.222 e. The fourth-order valence-corrected chi connectivity index (χ4v) is 2.58. The van der Waals surface area contributed by atoms with Gasteiger partial charge in [0.05, 0.1) is 0 Å². The van der Waals surface area contributed by atoms with Gasteiger partial charge in [0, 0.05) is 16.2 Å². The molecule has 0 unspecified atom stereocenters. The molecule has 21 heavy (non-hydrogen) atoms. The van der Waals surface area contributed by atoms with E-state index in [4.69, 9.17) is 10.5 Å². The Balaban J connectivity index is 2.30. The lowest BCUT2D eigenvalue weighted by molar-refractivity contribution is 0.450. The van der Waals surface area contributed by atoms with E-state index >= 15 is 0 Å². The van der Waals surface area contributed by atoms with E-state index in [9.17, 15) is 0 Å². The van der Waals surface area contributed by atoms with Crippen LogP contribution in [-0.4, -0.2) is 11.5 Å². The number of aromatic nitrogens is 1. The Bertz CT molecular complexity index is 626. The summed E-state index contributed by atoms with van der Waals surface area (Å²) in [5.74, 6) is 1.89. The van der Waals surface area contributed by atoms with Crippen molar-refractivity contribution in [1.82, 2.24) is 4.98 Å². The summed E-state index contributed by atoms with van der Waals surface area (Å²) >= 11 is 3.51. The van der Waals surface area contributed by atoms with Crippen molar-refractivity contribution < 1.29 is 4.74 Å². The van der Waals surface area contributed by atoms with Gasteiger partial charge in [0.25, 0.3) is 0 Å². The first-order valence-electron chi connectivity index (χ1n) is 7.14. The first-order chi connectivity index (χ1) is 10.0. The highest BCUT2D eigenvalue weighted by Crippen LogP contribution is 2.33. The van der Waals surface area contributed by atoms with Gasteiger partial charge in [-0.15, -0.1) is 0 Å². The van der Waals surface area contributed by atoms with Crippen molar-refractivity contribution in [2.24, 2.45) is 5.73 Å². The van der Waals surface area contributed by atoms with Gasteiger partial charge in [0.15, 0.2) is 0 Å². The molecular weight excluding hydrogens is 328 g/mol. The van der Waals surface area contributed by atoms with Crippen LogP contribution in [0, 0.1) is 6.92 Å². The molecule has 2 rings (SSSR count). The first-order valence-corrected chi connectivity index (χ1v) is 7.93. The molecule has 0 spiro atoms. The number of nitrogens with two attached hydrogens (primary N) is 1. The third-order valence-electron chi connectivity index (χ3n) is 3.32. The van der Waals surface area contributed by atoms with E-state index in [1.165, 1.54) is 0 Å². The van der Waals surface area contributed by atoms with E-state index in [1.54, 1.807) is 0 Å². The number of benzene rings is 1. The molecule has 0 aliphatic heterocycles. The lowest BCUT2D eigenvalue weighted by atomic mass is 10.0. The van der Waals surface area contributed by atoms with Crippen molar-refractivity contribution in [3.05, 3.63) is 51.6 Å². The second kappa shape index (κ2) is 7.05. The van der Waals surface area contributed by atoms with Gasteiger partial charge in [0.2, 0.25) is 5.88 Å². The van der Waals surface area contributed by atoms with Crippen molar-refractivity contribution in [3.63, 3.8) is 0 Å². The molecule has 1 heterocycles. The summed E-state index contributed by atoms with van der Waals surface area (Å²) in [5.41, 5.74) is 8.91. The molecule has 4 heteroatoms. The monoisotopic (exact) mass is 348 g/mol. The molecule has 0 atom stereocenters. The summed E-state index contributed by atoms with van der Waals surface area (Å²) in [5, 5.41) is 0. The minimum Gasteiger partial charge on any atom is -0.438 e. The van der Waals surface area contributed by atoms with E-state index in [0.717, 1.165) is 33.3 Å². The van der Waals surface area contributed by atoms with Gasteiger partial charge in [-0.2, -0.15) is 0 Å². The zero-order valence-electron chi connectivity index (χ0n) is 12.7. The van der Waals surface area contributed by atoms with Crippen molar-refractivity contribution in [2.75, 3.05) is 6.54 Å². The zero-order chi connectivity index (χ0) is 15.4. The number of aryl methyl sites for hydroxylation is 1. The lowest BCUT2D eigenvalue weighted by Gasteiger charge is -2.15. The minimum absolute atomic E-state index is 0.384. The quantitative estimate of drug-likeness (QED) is 0.860. The molecule has 0 bridgehead atoms. The van der Waals surface area contributed by atoms with Gasteiger partial charge < -0.3 is 10.5 Å². The fraction of sp³-hybridized carbons (Fsp3) is 0.353. The summed E-state index contributed by atoms with van der Waals surface area (Å²) in [6.07, 6.45) is 2.67. The normalized spacial score (nSPS) is 11.0. The maximum Gasteiger partial charge on any atom is 0.222 e. The zero-order valence-corrected chi connectivity index (χ0v) is 14.3. The van der Waals surface area contributed by atoms with Crippen LogP contribution in [0.1, 0.15) is 36.5 Å². The molecule has 0 amide bonds. The second-order valence-corrected chi connectivity index (χ2v) is 6.36. The first kappa shape index (κ1) is 16.0. The Kier molecular flexibility index (Phi) is 5.37. The Morgan fingerprint density at radius 3 is 2.67 bits per heavy atom. The number of hydrogen-bond acceptors (Lipinski definition) is 3. The van der Waals surface area contributed by atoms with Crippen molar-refractivity contribution >= 4 is 15.9 Å². The molecule has 112 valence electrons. The third-order valence-corrected chi connectivity index (χ3v) is 3.81. The van der Waals surface area contributed by atoms with Crippen LogP contribution < -0.4 is 10.5 Å². The van der Waals surface area contributed by atoms with Gasteiger partial charge in [-0.25, -0.2) is 4.98 Å². The second-order valence-electron chi connectivity index (χ2n) is 5.44. The lowest BCUT2D eigenvalue weighted by Crippen LogP contribution is -2.04. The van der Waals surface area contributed by atoms with E-state index in [2.05, 4.69) is 46.9 Å². The summed E-state index contributed by atoms with van der Waals surface area (Å²) in [6.45, 7) is 6.94. The van der Waals surface area contributed by atoms with Crippen LogP contribution in [0.2, 0.25) is 0 Å². The van der Waals surface area contributed by atoms with Gasteiger partial charge in [-0.3, -0.25) is 0 Å². The Morgan fingerprint density at radius 1 is 1.29 bits per heavy atom. The van der Waals surface area contributed by atoms with Crippen LogP contribution in [0.3, 0.4) is 0 Å². The number of hydrogen-bond donors (Lipinski definition) is 1. The number of rotatable bonds is 5. The number of nitrogens with zero attached hydrogens (tertiary/aromatic N) is 1. The molecule has 2 N–H and O–H groups in total. The molecule has 3 nitrogen and oxygen atoms in total. The molecule has 2 aromatic rings. The van der Waals surface area contributed by atoms with Gasteiger partial charge in [0.1, 0.15) is 5.75 Å². The van der Waals surface area contributed by atoms with Gasteiger partial charge in [-0.05, 0) is 61.2 Å². The SMILES string of the molecule is Cc1cc(CCN)cnc1Oc1ccc(Br)cc1C(C)C. The largest absolute Gasteiger partial charge is 0.438 e. The highest BCUT2D eigenvalue weighted by molar-refractivity contribution is 9.10. The van der Waals surface area contributed by atoms with E-state index < -0.39 is 0 Å². The Hall–Kier alpha value is -1.39. The molecule has 0 saturated heterocycles. The summed E-state index contributed by atoms with van der Waals surface area (Å²) in [4.78, 5) is 4.43. The molecule has 0 fully saturated rings. The van der Waals surface area contributed by atoms with Crippen molar-refractivity contribution in [2.45, 2.75) is 33.1 Å². The minimum atomic E-state index is 0.384. The average Bonchev–Trinajstić information content (AvgIpc) is 2.43. The van der Waals surface area contributed by atoms with Crippen LogP contribution in [0.15, 0.2) is 34.9 Å². The van der Waals surface area contributed by atoms with Crippen molar-refractivity contribution in [3.8, 4) is 11.6 Å². The van der Waals surface area contributed by atoms with E-state index in [0.29, 0.717) is 18.3 Å². The summed E-state index contributed by atoms with van der Waals surface area (Å²) in [6, 6.07) is 8.15. The van der Waals surface area contributed by atoms with E-state index in [-0.39, 0.29) is 0 Å². The Morgan fingerprint density at radius 2 is 2.05 bits per heavy atom.